The minimum atomic E-state index is -0.460. The van der Waals surface area contributed by atoms with Crippen LogP contribution in [0.4, 0.5) is 10.3 Å². The Morgan fingerprint density at radius 1 is 1.06 bits per heavy atom. The zero-order valence-corrected chi connectivity index (χ0v) is 17.8. The van der Waals surface area contributed by atoms with E-state index in [1.165, 1.54) is 12.1 Å². The number of esters is 1. The van der Waals surface area contributed by atoms with E-state index in [9.17, 15) is 9.18 Å². The SMILES string of the molecule is CCOC(=O)C1=C(c2ccc(F)cc2)Nc2nc3ccccc3n2[C@H]1c1ccc(C)cc1. The summed E-state index contributed by atoms with van der Waals surface area (Å²) in [6.07, 6.45) is 0. The fourth-order valence-electron chi connectivity index (χ4n) is 4.17. The number of nitrogens with zero attached hydrogens (tertiary/aromatic N) is 2. The number of aromatic nitrogens is 2. The number of imidazole rings is 1. The summed E-state index contributed by atoms with van der Waals surface area (Å²) in [5.74, 6) is -0.150. The zero-order chi connectivity index (χ0) is 22.2. The van der Waals surface area contributed by atoms with E-state index in [0.29, 0.717) is 22.8 Å². The molecule has 0 unspecified atom stereocenters. The first-order chi connectivity index (χ1) is 15.6. The summed E-state index contributed by atoms with van der Waals surface area (Å²) in [5, 5.41) is 3.33. The molecule has 2 heterocycles. The van der Waals surface area contributed by atoms with Gasteiger partial charge < -0.3 is 10.1 Å². The lowest BCUT2D eigenvalue weighted by molar-refractivity contribution is -0.138. The summed E-state index contributed by atoms with van der Waals surface area (Å²) >= 11 is 0. The maximum absolute atomic E-state index is 13.6. The first kappa shape index (κ1) is 20.0. The van der Waals surface area contributed by atoms with Gasteiger partial charge in [0.05, 0.1) is 35.0 Å². The van der Waals surface area contributed by atoms with Crippen molar-refractivity contribution in [2.45, 2.75) is 19.9 Å². The molecule has 0 saturated heterocycles. The van der Waals surface area contributed by atoms with E-state index in [0.717, 1.165) is 22.2 Å². The van der Waals surface area contributed by atoms with Crippen LogP contribution in [0.15, 0.2) is 78.4 Å². The Balaban J connectivity index is 1.82. The van der Waals surface area contributed by atoms with Gasteiger partial charge in [-0.1, -0.05) is 42.0 Å². The number of benzene rings is 3. The Hall–Kier alpha value is -3.93. The summed E-state index contributed by atoms with van der Waals surface area (Å²) in [6.45, 7) is 4.05. The van der Waals surface area contributed by atoms with Crippen LogP contribution in [-0.2, 0) is 9.53 Å². The van der Waals surface area contributed by atoms with Gasteiger partial charge in [-0.05, 0) is 61.4 Å². The number of ether oxygens (including phenoxy) is 1. The summed E-state index contributed by atoms with van der Waals surface area (Å²) in [4.78, 5) is 18.1. The van der Waals surface area contributed by atoms with E-state index in [1.807, 2.05) is 60.0 Å². The lowest BCUT2D eigenvalue weighted by Crippen LogP contribution is -2.29. The van der Waals surface area contributed by atoms with E-state index < -0.39 is 12.0 Å². The first-order valence-electron chi connectivity index (χ1n) is 10.5. The molecule has 32 heavy (non-hydrogen) atoms. The molecule has 1 aliphatic heterocycles. The first-order valence-corrected chi connectivity index (χ1v) is 10.5. The van der Waals surface area contributed by atoms with Crippen molar-refractivity contribution in [1.82, 2.24) is 9.55 Å². The van der Waals surface area contributed by atoms with Crippen LogP contribution < -0.4 is 5.32 Å². The highest BCUT2D eigenvalue weighted by molar-refractivity contribution is 6.03. The Morgan fingerprint density at radius 3 is 2.50 bits per heavy atom. The highest BCUT2D eigenvalue weighted by Crippen LogP contribution is 2.42. The minimum absolute atomic E-state index is 0.247. The second-order valence-electron chi connectivity index (χ2n) is 7.75. The smallest absolute Gasteiger partial charge is 0.338 e. The topological polar surface area (TPSA) is 56.1 Å². The monoisotopic (exact) mass is 427 g/mol. The van der Waals surface area contributed by atoms with Gasteiger partial charge in [0, 0.05) is 0 Å². The third-order valence-electron chi connectivity index (χ3n) is 5.65. The van der Waals surface area contributed by atoms with E-state index in [2.05, 4.69) is 5.32 Å². The number of halogens is 1. The molecular weight excluding hydrogens is 405 g/mol. The largest absolute Gasteiger partial charge is 0.463 e. The standard InChI is InChI=1S/C26H22FN3O2/c1-3-32-25(31)22-23(17-12-14-19(27)15-13-17)29-26-28-20-6-4-5-7-21(20)30(26)24(22)18-10-8-16(2)9-11-18/h4-15,24H,3H2,1-2H3,(H,28,29)/t24-/m0/s1. The van der Waals surface area contributed by atoms with Gasteiger partial charge in [-0.2, -0.15) is 0 Å². The third-order valence-corrected chi connectivity index (χ3v) is 5.65. The molecule has 6 heteroatoms. The minimum Gasteiger partial charge on any atom is -0.463 e. The molecular formula is C26H22FN3O2. The number of carbonyl (C=O) groups is 1. The van der Waals surface area contributed by atoms with Crippen molar-refractivity contribution in [1.29, 1.82) is 0 Å². The van der Waals surface area contributed by atoms with Crippen molar-refractivity contribution in [3.05, 3.63) is 101 Å². The van der Waals surface area contributed by atoms with Gasteiger partial charge in [-0.25, -0.2) is 14.2 Å². The van der Waals surface area contributed by atoms with Crippen molar-refractivity contribution in [2.75, 3.05) is 11.9 Å². The van der Waals surface area contributed by atoms with Gasteiger partial charge in [0.1, 0.15) is 5.82 Å². The number of aryl methyl sites for hydroxylation is 1. The molecule has 1 atom stereocenters. The third kappa shape index (κ3) is 3.34. The second-order valence-corrected chi connectivity index (χ2v) is 7.75. The quantitative estimate of drug-likeness (QED) is 0.439. The average Bonchev–Trinajstić information content (AvgIpc) is 3.17. The van der Waals surface area contributed by atoms with Gasteiger partial charge >= 0.3 is 5.97 Å². The number of hydrogen-bond acceptors (Lipinski definition) is 4. The molecule has 0 amide bonds. The Kier molecular flexibility index (Phi) is 4.98. The molecule has 1 aliphatic rings. The van der Waals surface area contributed by atoms with Crippen molar-refractivity contribution in [2.24, 2.45) is 0 Å². The Morgan fingerprint density at radius 2 is 1.78 bits per heavy atom. The van der Waals surface area contributed by atoms with Crippen LogP contribution in [0, 0.1) is 12.7 Å². The summed E-state index contributed by atoms with van der Waals surface area (Å²) < 4.78 is 21.2. The number of rotatable bonds is 4. The number of fused-ring (bicyclic) bond motifs is 3. The van der Waals surface area contributed by atoms with Crippen molar-refractivity contribution in [3.8, 4) is 0 Å². The van der Waals surface area contributed by atoms with Crippen molar-refractivity contribution < 1.29 is 13.9 Å². The molecule has 160 valence electrons. The van der Waals surface area contributed by atoms with Crippen LogP contribution in [0.1, 0.15) is 29.7 Å². The summed E-state index contributed by atoms with van der Waals surface area (Å²) in [7, 11) is 0. The van der Waals surface area contributed by atoms with Gasteiger partial charge in [0.25, 0.3) is 0 Å². The van der Waals surface area contributed by atoms with Crippen LogP contribution >= 0.6 is 0 Å². The van der Waals surface area contributed by atoms with E-state index >= 15 is 0 Å². The van der Waals surface area contributed by atoms with E-state index in [4.69, 9.17) is 9.72 Å². The molecule has 3 aromatic carbocycles. The Bertz CT molecular complexity index is 1340. The molecule has 0 fully saturated rings. The van der Waals surface area contributed by atoms with Crippen LogP contribution in [-0.4, -0.2) is 22.1 Å². The van der Waals surface area contributed by atoms with Crippen molar-refractivity contribution in [3.63, 3.8) is 0 Å². The highest BCUT2D eigenvalue weighted by atomic mass is 19.1. The normalized spacial score (nSPS) is 15.4. The van der Waals surface area contributed by atoms with Gasteiger partial charge in [-0.15, -0.1) is 0 Å². The average molecular weight is 427 g/mol. The molecule has 5 rings (SSSR count). The van der Waals surface area contributed by atoms with Crippen LogP contribution in [0.2, 0.25) is 0 Å². The molecule has 0 radical (unpaired) electrons. The fourth-order valence-corrected chi connectivity index (χ4v) is 4.17. The molecule has 1 N–H and O–H groups in total. The Labute approximate surface area is 185 Å². The predicted molar refractivity (Wildman–Crippen MR) is 123 cm³/mol. The fraction of sp³-hybridized carbons (Fsp3) is 0.154. The molecule has 0 bridgehead atoms. The van der Waals surface area contributed by atoms with Crippen LogP contribution in [0.3, 0.4) is 0 Å². The molecule has 5 nitrogen and oxygen atoms in total. The maximum Gasteiger partial charge on any atom is 0.338 e. The lowest BCUT2D eigenvalue weighted by Gasteiger charge is -2.31. The molecule has 4 aromatic rings. The summed E-state index contributed by atoms with van der Waals surface area (Å²) in [6, 6.07) is 21.5. The number of hydrogen-bond donors (Lipinski definition) is 1. The number of para-hydroxylation sites is 2. The van der Waals surface area contributed by atoms with Gasteiger partial charge in [0.15, 0.2) is 0 Å². The van der Waals surface area contributed by atoms with E-state index in [-0.39, 0.29) is 12.4 Å². The highest BCUT2D eigenvalue weighted by Gasteiger charge is 2.36. The summed E-state index contributed by atoms with van der Waals surface area (Å²) in [5.41, 5.74) is 5.49. The van der Waals surface area contributed by atoms with Crippen LogP contribution in [0.5, 0.6) is 0 Å². The molecule has 0 saturated carbocycles. The van der Waals surface area contributed by atoms with Crippen molar-refractivity contribution >= 4 is 28.6 Å². The molecule has 0 spiro atoms. The number of anilines is 1. The van der Waals surface area contributed by atoms with E-state index in [1.54, 1.807) is 19.1 Å². The molecule has 1 aromatic heterocycles. The molecule has 0 aliphatic carbocycles. The second kappa shape index (κ2) is 7.96. The number of nitrogens with one attached hydrogen (secondary N) is 1. The van der Waals surface area contributed by atoms with Gasteiger partial charge in [0.2, 0.25) is 5.95 Å². The maximum atomic E-state index is 13.6. The van der Waals surface area contributed by atoms with Crippen LogP contribution in [0.25, 0.3) is 16.7 Å². The predicted octanol–water partition coefficient (Wildman–Crippen LogP) is 5.47. The number of carbonyl (C=O) groups excluding carboxylic acids is 1. The zero-order valence-electron chi connectivity index (χ0n) is 17.8. The van der Waals surface area contributed by atoms with Gasteiger partial charge in [-0.3, -0.25) is 4.57 Å². The lowest BCUT2D eigenvalue weighted by atomic mass is 9.92.